The van der Waals surface area contributed by atoms with E-state index in [9.17, 15) is 4.79 Å². The molecule has 0 bridgehead atoms. The van der Waals surface area contributed by atoms with E-state index >= 15 is 0 Å². The Morgan fingerprint density at radius 3 is 2.63 bits per heavy atom. The lowest BCUT2D eigenvalue weighted by atomic mass is 10.1. The molecule has 19 heavy (non-hydrogen) atoms. The number of amides is 1. The fraction of sp³-hybridized carbons (Fsp3) is 0.462. The molecule has 0 unspecified atom stereocenters. The second-order valence-corrected chi connectivity index (χ2v) is 6.34. The zero-order valence-electron chi connectivity index (χ0n) is 11.1. The van der Waals surface area contributed by atoms with Crippen LogP contribution in [0.25, 0.3) is 0 Å². The van der Waals surface area contributed by atoms with Crippen LogP contribution >= 0.6 is 35.8 Å². The van der Waals surface area contributed by atoms with Crippen molar-refractivity contribution in [1.82, 2.24) is 5.32 Å². The van der Waals surface area contributed by atoms with Crippen molar-refractivity contribution in [2.75, 3.05) is 12.3 Å². The molecule has 6 heteroatoms. The number of carbonyl (C=O) groups is 1. The molecule has 1 aromatic rings. The van der Waals surface area contributed by atoms with Crippen molar-refractivity contribution in [3.05, 3.63) is 29.3 Å². The van der Waals surface area contributed by atoms with E-state index in [1.54, 1.807) is 11.8 Å². The Kier molecular flexibility index (Phi) is 8.50. The summed E-state index contributed by atoms with van der Waals surface area (Å²) >= 11 is 7.61. The van der Waals surface area contributed by atoms with Gasteiger partial charge in [0.05, 0.1) is 5.02 Å². The Morgan fingerprint density at radius 1 is 1.42 bits per heavy atom. The molecule has 0 radical (unpaired) electrons. The van der Waals surface area contributed by atoms with E-state index in [0.29, 0.717) is 18.7 Å². The summed E-state index contributed by atoms with van der Waals surface area (Å²) in [4.78, 5) is 12.6. The van der Waals surface area contributed by atoms with Gasteiger partial charge in [-0.15, -0.1) is 24.2 Å². The number of nitrogens with one attached hydrogen (secondary N) is 1. The van der Waals surface area contributed by atoms with Crippen molar-refractivity contribution in [3.8, 4) is 0 Å². The first-order valence-electron chi connectivity index (χ1n) is 5.81. The summed E-state index contributed by atoms with van der Waals surface area (Å²) in [5, 5.41) is 3.54. The van der Waals surface area contributed by atoms with Gasteiger partial charge >= 0.3 is 0 Å². The highest BCUT2D eigenvalue weighted by molar-refractivity contribution is 7.99. The third-order valence-electron chi connectivity index (χ3n) is 2.16. The van der Waals surface area contributed by atoms with Gasteiger partial charge in [-0.1, -0.05) is 23.7 Å². The average Bonchev–Trinajstić information content (AvgIpc) is 2.28. The van der Waals surface area contributed by atoms with Crippen LogP contribution in [0, 0.1) is 0 Å². The highest BCUT2D eigenvalue weighted by atomic mass is 35.5. The minimum atomic E-state index is -0.370. The smallest absolute Gasteiger partial charge is 0.220 e. The standard InChI is InChI=1S/C13H19ClN2OS.ClH/c1-13(2,15)9-16-12(17)7-8-18-11-6-4-3-5-10(11)14;/h3-6H,7-9,15H2,1-2H3,(H,16,17);1H. The zero-order valence-corrected chi connectivity index (χ0v) is 13.5. The Morgan fingerprint density at radius 2 is 2.05 bits per heavy atom. The molecule has 0 saturated carbocycles. The van der Waals surface area contributed by atoms with E-state index in [1.165, 1.54) is 0 Å². The third kappa shape index (κ3) is 8.37. The number of halogens is 2. The molecule has 0 aliphatic heterocycles. The second-order valence-electron chi connectivity index (χ2n) is 4.79. The molecule has 0 aliphatic rings. The first kappa shape index (κ1) is 18.6. The molecule has 0 fully saturated rings. The minimum Gasteiger partial charge on any atom is -0.354 e. The SMILES string of the molecule is CC(C)(N)CNC(=O)CCSc1ccccc1Cl.Cl. The van der Waals surface area contributed by atoms with Crippen LogP contribution in [-0.2, 0) is 4.79 Å². The maximum Gasteiger partial charge on any atom is 0.220 e. The maximum absolute atomic E-state index is 11.6. The van der Waals surface area contributed by atoms with Crippen molar-refractivity contribution in [2.45, 2.75) is 30.7 Å². The van der Waals surface area contributed by atoms with Crippen molar-refractivity contribution in [2.24, 2.45) is 5.73 Å². The molecule has 0 aromatic heterocycles. The summed E-state index contributed by atoms with van der Waals surface area (Å²) < 4.78 is 0. The maximum atomic E-state index is 11.6. The lowest BCUT2D eigenvalue weighted by Gasteiger charge is -2.18. The van der Waals surface area contributed by atoms with Gasteiger partial charge in [0.1, 0.15) is 0 Å². The molecule has 3 N–H and O–H groups in total. The number of hydrogen-bond donors (Lipinski definition) is 2. The van der Waals surface area contributed by atoms with Gasteiger partial charge in [0.25, 0.3) is 0 Å². The lowest BCUT2D eigenvalue weighted by molar-refractivity contribution is -0.120. The van der Waals surface area contributed by atoms with E-state index < -0.39 is 0 Å². The van der Waals surface area contributed by atoms with Crippen LogP contribution in [0.5, 0.6) is 0 Å². The number of carbonyl (C=O) groups excluding carboxylic acids is 1. The number of hydrogen-bond acceptors (Lipinski definition) is 3. The van der Waals surface area contributed by atoms with Crippen LogP contribution in [0.15, 0.2) is 29.2 Å². The molecule has 108 valence electrons. The lowest BCUT2D eigenvalue weighted by Crippen LogP contribution is -2.45. The number of thioether (sulfide) groups is 1. The van der Waals surface area contributed by atoms with Crippen LogP contribution in [0.2, 0.25) is 5.02 Å². The topological polar surface area (TPSA) is 55.1 Å². The van der Waals surface area contributed by atoms with Crippen LogP contribution in [0.4, 0.5) is 0 Å². The average molecular weight is 323 g/mol. The highest BCUT2D eigenvalue weighted by Crippen LogP contribution is 2.26. The molecule has 1 rings (SSSR count). The molecule has 0 spiro atoms. The zero-order chi connectivity index (χ0) is 13.6. The Balaban J connectivity index is 0.00000324. The van der Waals surface area contributed by atoms with Gasteiger partial charge in [-0.2, -0.15) is 0 Å². The molecule has 1 amide bonds. The summed E-state index contributed by atoms with van der Waals surface area (Å²) in [6.07, 6.45) is 0.464. The minimum absolute atomic E-state index is 0. The molecule has 3 nitrogen and oxygen atoms in total. The third-order valence-corrected chi connectivity index (χ3v) is 3.68. The molecule has 1 aromatic carbocycles. The predicted molar refractivity (Wildman–Crippen MR) is 85.3 cm³/mol. The van der Waals surface area contributed by atoms with Gasteiger partial charge in [-0.25, -0.2) is 0 Å². The van der Waals surface area contributed by atoms with Crippen LogP contribution < -0.4 is 11.1 Å². The molecule has 0 saturated heterocycles. The Hall–Kier alpha value is -0.420. The van der Waals surface area contributed by atoms with E-state index in [0.717, 1.165) is 9.92 Å². The van der Waals surface area contributed by atoms with Gasteiger partial charge < -0.3 is 11.1 Å². The van der Waals surface area contributed by atoms with Crippen LogP contribution in [0.1, 0.15) is 20.3 Å². The molecular formula is C13H20Cl2N2OS. The van der Waals surface area contributed by atoms with Crippen LogP contribution in [0.3, 0.4) is 0 Å². The fourth-order valence-corrected chi connectivity index (χ4v) is 2.42. The van der Waals surface area contributed by atoms with Gasteiger partial charge in [0.2, 0.25) is 5.91 Å². The van der Waals surface area contributed by atoms with Gasteiger partial charge in [0.15, 0.2) is 0 Å². The summed E-state index contributed by atoms with van der Waals surface area (Å²) in [5.74, 6) is 0.730. The molecular weight excluding hydrogens is 303 g/mol. The van der Waals surface area contributed by atoms with Crippen molar-refractivity contribution in [3.63, 3.8) is 0 Å². The monoisotopic (exact) mass is 322 g/mol. The van der Waals surface area contributed by atoms with Gasteiger partial charge in [0, 0.05) is 29.2 Å². The fourth-order valence-electron chi connectivity index (χ4n) is 1.23. The Bertz CT molecular complexity index is 408. The summed E-state index contributed by atoms with van der Waals surface area (Å²) in [5.41, 5.74) is 5.42. The normalized spacial score (nSPS) is 10.7. The van der Waals surface area contributed by atoms with Crippen molar-refractivity contribution >= 4 is 41.7 Å². The first-order chi connectivity index (χ1) is 8.38. The highest BCUT2D eigenvalue weighted by Gasteiger charge is 2.12. The summed E-state index contributed by atoms with van der Waals surface area (Å²) in [6.45, 7) is 4.25. The van der Waals surface area contributed by atoms with Crippen LogP contribution in [-0.4, -0.2) is 23.7 Å². The van der Waals surface area contributed by atoms with E-state index in [-0.39, 0.29) is 23.9 Å². The molecule has 0 aliphatic carbocycles. The molecule has 0 atom stereocenters. The van der Waals surface area contributed by atoms with Crippen molar-refractivity contribution < 1.29 is 4.79 Å². The quantitative estimate of drug-likeness (QED) is 0.791. The van der Waals surface area contributed by atoms with E-state index in [4.69, 9.17) is 17.3 Å². The van der Waals surface area contributed by atoms with E-state index in [1.807, 2.05) is 38.1 Å². The van der Waals surface area contributed by atoms with Gasteiger partial charge in [-0.3, -0.25) is 4.79 Å². The second kappa shape index (κ2) is 8.69. The Labute approximate surface area is 130 Å². The van der Waals surface area contributed by atoms with Gasteiger partial charge in [-0.05, 0) is 26.0 Å². The number of benzene rings is 1. The predicted octanol–water partition coefficient (Wildman–Crippen LogP) is 3.10. The molecule has 0 heterocycles. The number of nitrogens with two attached hydrogens (primary N) is 1. The number of rotatable bonds is 6. The van der Waals surface area contributed by atoms with Crippen molar-refractivity contribution in [1.29, 1.82) is 0 Å². The summed E-state index contributed by atoms with van der Waals surface area (Å²) in [6, 6.07) is 7.63. The first-order valence-corrected chi connectivity index (χ1v) is 7.18. The largest absolute Gasteiger partial charge is 0.354 e. The summed E-state index contributed by atoms with van der Waals surface area (Å²) in [7, 11) is 0. The van der Waals surface area contributed by atoms with E-state index in [2.05, 4.69) is 5.32 Å².